The average molecular weight is 246 g/mol. The van der Waals surface area contributed by atoms with Crippen LogP contribution in [0.4, 0.5) is 0 Å². The zero-order valence-corrected chi connectivity index (χ0v) is 9.99. The summed E-state index contributed by atoms with van der Waals surface area (Å²) in [4.78, 5) is 22.6. The maximum Gasteiger partial charge on any atom is 0.253 e. The molecule has 0 aliphatic carbocycles. The molecule has 0 aliphatic heterocycles. The molecule has 0 radical (unpaired) electrons. The number of carbonyl (C=O) groups excluding carboxylic acids is 2. The average Bonchev–Trinajstić information content (AvgIpc) is 2.82. The molecule has 2 amide bonds. The van der Waals surface area contributed by atoms with E-state index < -0.39 is 0 Å². The van der Waals surface area contributed by atoms with E-state index in [2.05, 4.69) is 20.8 Å². The fourth-order valence-corrected chi connectivity index (χ4v) is 1.67. The molecule has 0 atom stereocenters. The molecule has 1 heterocycles. The predicted molar refractivity (Wildman–Crippen MR) is 67.1 cm³/mol. The van der Waals surface area contributed by atoms with E-state index in [4.69, 9.17) is 0 Å². The normalized spacial score (nSPS) is 10.3. The lowest BCUT2D eigenvalue weighted by Gasteiger charge is -2.06. The van der Waals surface area contributed by atoms with Gasteiger partial charge in [0.1, 0.15) is 0 Å². The molecule has 1 aromatic heterocycles. The molecular formula is C12H14N4O2. The van der Waals surface area contributed by atoms with Gasteiger partial charge in [0, 0.05) is 25.4 Å². The van der Waals surface area contributed by atoms with E-state index in [1.54, 1.807) is 18.3 Å². The largest absolute Gasteiger partial charge is 0.355 e. The molecule has 6 heteroatoms. The van der Waals surface area contributed by atoms with Gasteiger partial charge in [0.25, 0.3) is 5.91 Å². The number of rotatable bonds is 4. The number of para-hydroxylation sites is 1. The highest BCUT2D eigenvalue weighted by Gasteiger charge is 2.10. The summed E-state index contributed by atoms with van der Waals surface area (Å²) in [6, 6.07) is 5.42. The van der Waals surface area contributed by atoms with Gasteiger partial charge in [0.2, 0.25) is 5.91 Å². The molecule has 0 saturated heterocycles. The number of nitrogens with one attached hydrogen (secondary N) is 3. The molecule has 3 N–H and O–H groups in total. The van der Waals surface area contributed by atoms with Crippen molar-refractivity contribution in [1.29, 1.82) is 0 Å². The van der Waals surface area contributed by atoms with Crippen molar-refractivity contribution in [3.8, 4) is 0 Å². The third-order valence-electron chi connectivity index (χ3n) is 2.51. The topological polar surface area (TPSA) is 86.9 Å². The van der Waals surface area contributed by atoms with E-state index in [-0.39, 0.29) is 11.8 Å². The Morgan fingerprint density at radius 2 is 2.06 bits per heavy atom. The van der Waals surface area contributed by atoms with Gasteiger partial charge < -0.3 is 10.6 Å². The van der Waals surface area contributed by atoms with Crippen LogP contribution in [0.5, 0.6) is 0 Å². The minimum Gasteiger partial charge on any atom is -0.355 e. The number of carbonyl (C=O) groups is 2. The van der Waals surface area contributed by atoms with E-state index in [1.165, 1.54) is 6.92 Å². The van der Waals surface area contributed by atoms with Crippen LogP contribution in [0.2, 0.25) is 0 Å². The third-order valence-corrected chi connectivity index (χ3v) is 2.51. The Bertz CT molecular complexity index is 576. The van der Waals surface area contributed by atoms with Crippen molar-refractivity contribution in [2.75, 3.05) is 13.1 Å². The standard InChI is InChI=1S/C12H14N4O2/c1-8(17)13-5-6-14-12(18)10-4-2-3-9-7-15-16-11(9)10/h2-4,7H,5-6H2,1H3,(H,13,17)(H,14,18)(H,15,16). The van der Waals surface area contributed by atoms with Gasteiger partial charge in [-0.2, -0.15) is 5.10 Å². The van der Waals surface area contributed by atoms with Crippen molar-refractivity contribution in [1.82, 2.24) is 20.8 Å². The lowest BCUT2D eigenvalue weighted by Crippen LogP contribution is -2.33. The quantitative estimate of drug-likeness (QED) is 0.684. The zero-order chi connectivity index (χ0) is 13.0. The number of H-pyrrole nitrogens is 1. The number of benzene rings is 1. The minimum atomic E-state index is -0.185. The number of nitrogens with zero attached hydrogens (tertiary/aromatic N) is 1. The molecule has 0 unspecified atom stereocenters. The SMILES string of the molecule is CC(=O)NCCNC(=O)c1cccc2cn[nH]c12. The van der Waals surface area contributed by atoms with Crippen LogP contribution < -0.4 is 10.6 Å². The van der Waals surface area contributed by atoms with E-state index >= 15 is 0 Å². The van der Waals surface area contributed by atoms with Crippen molar-refractivity contribution in [2.24, 2.45) is 0 Å². The van der Waals surface area contributed by atoms with E-state index in [0.717, 1.165) is 10.9 Å². The van der Waals surface area contributed by atoms with Crippen molar-refractivity contribution in [3.63, 3.8) is 0 Å². The Balaban J connectivity index is 2.00. The number of amides is 2. The van der Waals surface area contributed by atoms with Gasteiger partial charge in [-0.15, -0.1) is 0 Å². The van der Waals surface area contributed by atoms with Crippen molar-refractivity contribution in [3.05, 3.63) is 30.0 Å². The molecule has 0 aliphatic rings. The summed E-state index contributed by atoms with van der Waals surface area (Å²) in [6.45, 7) is 2.25. The first-order valence-corrected chi connectivity index (χ1v) is 5.63. The Labute approximate surface area is 104 Å². The van der Waals surface area contributed by atoms with E-state index in [0.29, 0.717) is 18.7 Å². The molecule has 0 spiro atoms. The lowest BCUT2D eigenvalue weighted by atomic mass is 10.1. The Hall–Kier alpha value is -2.37. The zero-order valence-electron chi connectivity index (χ0n) is 9.99. The van der Waals surface area contributed by atoms with Crippen molar-refractivity contribution >= 4 is 22.7 Å². The van der Waals surface area contributed by atoms with Crippen LogP contribution in [-0.4, -0.2) is 35.1 Å². The molecule has 94 valence electrons. The van der Waals surface area contributed by atoms with Crippen LogP contribution in [-0.2, 0) is 4.79 Å². The second kappa shape index (κ2) is 5.31. The second-order valence-corrected chi connectivity index (χ2v) is 3.88. The fraction of sp³-hybridized carbons (Fsp3) is 0.250. The van der Waals surface area contributed by atoms with Crippen LogP contribution in [0.3, 0.4) is 0 Å². The first-order valence-electron chi connectivity index (χ1n) is 5.63. The minimum absolute atomic E-state index is 0.111. The molecule has 2 rings (SSSR count). The molecule has 6 nitrogen and oxygen atoms in total. The number of aromatic nitrogens is 2. The highest BCUT2D eigenvalue weighted by molar-refractivity contribution is 6.05. The number of aromatic amines is 1. The maximum atomic E-state index is 11.9. The Kier molecular flexibility index (Phi) is 3.57. The summed E-state index contributed by atoms with van der Waals surface area (Å²) < 4.78 is 0. The number of fused-ring (bicyclic) bond motifs is 1. The van der Waals surface area contributed by atoms with Crippen LogP contribution in [0, 0.1) is 0 Å². The summed E-state index contributed by atoms with van der Waals surface area (Å²) in [7, 11) is 0. The summed E-state index contributed by atoms with van der Waals surface area (Å²) in [5, 5.41) is 12.9. The molecule has 2 aromatic rings. The smallest absolute Gasteiger partial charge is 0.253 e. The van der Waals surface area contributed by atoms with Gasteiger partial charge in [0.15, 0.2) is 0 Å². The van der Waals surface area contributed by atoms with Gasteiger partial charge in [-0.25, -0.2) is 0 Å². The Morgan fingerprint density at radius 1 is 1.28 bits per heavy atom. The van der Waals surface area contributed by atoms with Gasteiger partial charge in [-0.05, 0) is 6.07 Å². The third kappa shape index (κ3) is 2.65. The molecule has 0 fully saturated rings. The highest BCUT2D eigenvalue weighted by atomic mass is 16.2. The summed E-state index contributed by atoms with van der Waals surface area (Å²) in [5.74, 6) is -0.296. The van der Waals surface area contributed by atoms with Crippen LogP contribution >= 0.6 is 0 Å². The molecule has 0 saturated carbocycles. The molecule has 1 aromatic carbocycles. The lowest BCUT2D eigenvalue weighted by molar-refractivity contribution is -0.118. The first-order chi connectivity index (χ1) is 8.68. The maximum absolute atomic E-state index is 11.9. The summed E-state index contributed by atoms with van der Waals surface area (Å²) in [6.07, 6.45) is 1.67. The van der Waals surface area contributed by atoms with Gasteiger partial charge in [0.05, 0.1) is 17.3 Å². The van der Waals surface area contributed by atoms with Gasteiger partial charge >= 0.3 is 0 Å². The monoisotopic (exact) mass is 246 g/mol. The van der Waals surface area contributed by atoms with Crippen molar-refractivity contribution < 1.29 is 9.59 Å². The molecule has 18 heavy (non-hydrogen) atoms. The van der Waals surface area contributed by atoms with Crippen molar-refractivity contribution in [2.45, 2.75) is 6.92 Å². The molecular weight excluding hydrogens is 232 g/mol. The summed E-state index contributed by atoms with van der Waals surface area (Å²) >= 11 is 0. The second-order valence-electron chi connectivity index (χ2n) is 3.88. The highest BCUT2D eigenvalue weighted by Crippen LogP contribution is 2.14. The molecule has 0 bridgehead atoms. The number of hydrogen-bond acceptors (Lipinski definition) is 3. The number of hydrogen-bond donors (Lipinski definition) is 3. The fourth-order valence-electron chi connectivity index (χ4n) is 1.67. The van der Waals surface area contributed by atoms with Crippen LogP contribution in [0.25, 0.3) is 10.9 Å². The van der Waals surface area contributed by atoms with E-state index in [1.807, 2.05) is 6.07 Å². The van der Waals surface area contributed by atoms with Gasteiger partial charge in [-0.1, -0.05) is 12.1 Å². The summed E-state index contributed by atoms with van der Waals surface area (Å²) in [5.41, 5.74) is 1.27. The Morgan fingerprint density at radius 3 is 2.83 bits per heavy atom. The van der Waals surface area contributed by atoms with E-state index in [9.17, 15) is 9.59 Å². The first kappa shape index (κ1) is 12.1. The van der Waals surface area contributed by atoms with Crippen LogP contribution in [0.15, 0.2) is 24.4 Å². The van der Waals surface area contributed by atoms with Gasteiger partial charge in [-0.3, -0.25) is 14.7 Å². The van der Waals surface area contributed by atoms with Crippen LogP contribution in [0.1, 0.15) is 17.3 Å². The predicted octanol–water partition coefficient (Wildman–Crippen LogP) is 0.429.